The number of benzene rings is 1. The second kappa shape index (κ2) is 8.97. The molecule has 30 heavy (non-hydrogen) atoms. The summed E-state index contributed by atoms with van der Waals surface area (Å²) in [7, 11) is 0. The van der Waals surface area contributed by atoms with Crippen molar-refractivity contribution >= 4 is 23.6 Å². The molecule has 2 aromatic rings. The Bertz CT molecular complexity index is 885. The predicted octanol–water partition coefficient (Wildman–Crippen LogP) is 2.35. The molecule has 2 heterocycles. The van der Waals surface area contributed by atoms with Crippen LogP contribution in [0.2, 0.25) is 0 Å². The highest BCUT2D eigenvalue weighted by Gasteiger charge is 2.31. The molecule has 8 nitrogen and oxygen atoms in total. The van der Waals surface area contributed by atoms with Crippen molar-refractivity contribution in [3.05, 3.63) is 48.3 Å². The lowest BCUT2D eigenvalue weighted by molar-refractivity contribution is -0.137. The highest BCUT2D eigenvalue weighted by atomic mass is 19.4. The first-order valence-electron chi connectivity index (χ1n) is 9.29. The molecule has 1 unspecified atom stereocenters. The van der Waals surface area contributed by atoms with Gasteiger partial charge in [-0.2, -0.15) is 13.2 Å². The molecule has 2 N–H and O–H groups in total. The topological polar surface area (TPSA) is 90.5 Å². The van der Waals surface area contributed by atoms with Gasteiger partial charge >= 0.3 is 12.2 Å². The van der Waals surface area contributed by atoms with Crippen LogP contribution in [0.25, 0.3) is 0 Å². The standard InChI is InChI=1S/C19H21F3N6O2/c1-13(16(29)26-15-5-2-4-14(12-15)19(20,21)22)25-18(30)28-10-8-27(9-11-28)17-23-6-3-7-24-17/h2-7,12-13H,8-11H2,1H3,(H,25,30)(H,26,29). The maximum absolute atomic E-state index is 12.8. The summed E-state index contributed by atoms with van der Waals surface area (Å²) in [6, 6.07) is 4.69. The number of nitrogens with zero attached hydrogens (tertiary/aromatic N) is 4. The second-order valence-corrected chi connectivity index (χ2v) is 6.76. The van der Waals surface area contributed by atoms with E-state index in [2.05, 4.69) is 20.6 Å². The van der Waals surface area contributed by atoms with E-state index in [-0.39, 0.29) is 5.69 Å². The normalized spacial score (nSPS) is 15.5. The molecular weight excluding hydrogens is 401 g/mol. The molecule has 0 spiro atoms. The lowest BCUT2D eigenvalue weighted by Crippen LogP contribution is -2.55. The average Bonchev–Trinajstić information content (AvgIpc) is 2.74. The van der Waals surface area contributed by atoms with Crippen molar-refractivity contribution in [2.24, 2.45) is 0 Å². The van der Waals surface area contributed by atoms with Gasteiger partial charge in [0.25, 0.3) is 0 Å². The number of aromatic nitrogens is 2. The van der Waals surface area contributed by atoms with Gasteiger partial charge in [-0.25, -0.2) is 14.8 Å². The molecule has 3 amide bonds. The van der Waals surface area contributed by atoms with Crippen LogP contribution in [0.5, 0.6) is 0 Å². The van der Waals surface area contributed by atoms with E-state index in [0.29, 0.717) is 32.1 Å². The van der Waals surface area contributed by atoms with Crippen LogP contribution in [0.1, 0.15) is 12.5 Å². The summed E-state index contributed by atoms with van der Waals surface area (Å²) >= 11 is 0. The van der Waals surface area contributed by atoms with Crippen LogP contribution >= 0.6 is 0 Å². The molecule has 0 radical (unpaired) electrons. The molecular formula is C19H21F3N6O2. The minimum absolute atomic E-state index is 0.00685. The number of halogens is 3. The highest BCUT2D eigenvalue weighted by molar-refractivity contribution is 5.96. The Morgan fingerprint density at radius 3 is 2.37 bits per heavy atom. The van der Waals surface area contributed by atoms with E-state index >= 15 is 0 Å². The van der Waals surface area contributed by atoms with Gasteiger partial charge in [0.05, 0.1) is 5.56 Å². The van der Waals surface area contributed by atoms with Crippen molar-refractivity contribution in [2.45, 2.75) is 19.1 Å². The molecule has 0 saturated carbocycles. The fourth-order valence-electron chi connectivity index (χ4n) is 2.93. The highest BCUT2D eigenvalue weighted by Crippen LogP contribution is 2.30. The monoisotopic (exact) mass is 422 g/mol. The van der Waals surface area contributed by atoms with E-state index < -0.39 is 29.7 Å². The number of alkyl halides is 3. The second-order valence-electron chi connectivity index (χ2n) is 6.76. The van der Waals surface area contributed by atoms with Gasteiger partial charge in [0.2, 0.25) is 11.9 Å². The number of nitrogens with one attached hydrogen (secondary N) is 2. The predicted molar refractivity (Wildman–Crippen MR) is 104 cm³/mol. The first kappa shape index (κ1) is 21.3. The van der Waals surface area contributed by atoms with Crippen LogP contribution in [-0.4, -0.2) is 59.0 Å². The fraction of sp³-hybridized carbons (Fsp3) is 0.368. The number of carbonyl (C=O) groups excluding carboxylic acids is 2. The minimum Gasteiger partial charge on any atom is -0.337 e. The van der Waals surface area contributed by atoms with Crippen molar-refractivity contribution < 1.29 is 22.8 Å². The fourth-order valence-corrected chi connectivity index (χ4v) is 2.93. The summed E-state index contributed by atoms with van der Waals surface area (Å²) in [6.45, 7) is 3.40. The number of rotatable bonds is 4. The Morgan fingerprint density at radius 1 is 1.07 bits per heavy atom. The smallest absolute Gasteiger partial charge is 0.337 e. The third-order valence-electron chi connectivity index (χ3n) is 4.59. The van der Waals surface area contributed by atoms with Gasteiger partial charge in [-0.15, -0.1) is 0 Å². The molecule has 1 aliphatic rings. The van der Waals surface area contributed by atoms with Gasteiger partial charge in [0.1, 0.15) is 6.04 Å². The number of carbonyl (C=O) groups is 2. The number of piperazine rings is 1. The maximum atomic E-state index is 12.8. The molecule has 11 heteroatoms. The summed E-state index contributed by atoms with van der Waals surface area (Å²) in [5, 5.41) is 4.97. The molecule has 1 aromatic heterocycles. The van der Waals surface area contributed by atoms with Crippen LogP contribution < -0.4 is 15.5 Å². The summed E-state index contributed by atoms with van der Waals surface area (Å²) < 4.78 is 38.4. The number of anilines is 2. The summed E-state index contributed by atoms with van der Waals surface area (Å²) in [4.78, 5) is 36.6. The lowest BCUT2D eigenvalue weighted by Gasteiger charge is -2.35. The first-order chi connectivity index (χ1) is 14.2. The third-order valence-corrected chi connectivity index (χ3v) is 4.59. The molecule has 1 fully saturated rings. The summed E-state index contributed by atoms with van der Waals surface area (Å²) in [6.07, 6.45) is -1.22. The van der Waals surface area contributed by atoms with Gasteiger partial charge in [0.15, 0.2) is 0 Å². The Balaban J connectivity index is 1.50. The van der Waals surface area contributed by atoms with Crippen LogP contribution in [0.4, 0.5) is 29.6 Å². The van der Waals surface area contributed by atoms with Crippen LogP contribution in [-0.2, 0) is 11.0 Å². The molecule has 0 bridgehead atoms. The van der Waals surface area contributed by atoms with Crippen molar-refractivity contribution in [3.8, 4) is 0 Å². The molecule has 160 valence electrons. The van der Waals surface area contributed by atoms with E-state index in [9.17, 15) is 22.8 Å². The van der Waals surface area contributed by atoms with Crippen molar-refractivity contribution in [2.75, 3.05) is 36.4 Å². The quantitative estimate of drug-likeness (QED) is 0.790. The van der Waals surface area contributed by atoms with Crippen LogP contribution in [0.15, 0.2) is 42.7 Å². The molecule has 1 atom stereocenters. The van der Waals surface area contributed by atoms with E-state index in [1.807, 2.05) is 4.90 Å². The zero-order valence-electron chi connectivity index (χ0n) is 16.2. The summed E-state index contributed by atoms with van der Waals surface area (Å²) in [5.41, 5.74) is -0.857. The maximum Gasteiger partial charge on any atom is 0.416 e. The van der Waals surface area contributed by atoms with Gasteiger partial charge < -0.3 is 20.4 Å². The van der Waals surface area contributed by atoms with Gasteiger partial charge in [-0.3, -0.25) is 4.79 Å². The van der Waals surface area contributed by atoms with Gasteiger partial charge in [-0.05, 0) is 31.2 Å². The number of urea groups is 1. The number of hydrogen-bond donors (Lipinski definition) is 2. The van der Waals surface area contributed by atoms with E-state index in [1.165, 1.54) is 19.1 Å². The SMILES string of the molecule is CC(NC(=O)N1CCN(c2ncccn2)CC1)C(=O)Nc1cccc(C(F)(F)F)c1. The van der Waals surface area contributed by atoms with E-state index in [1.54, 1.807) is 23.4 Å². The zero-order valence-corrected chi connectivity index (χ0v) is 16.2. The van der Waals surface area contributed by atoms with Gasteiger partial charge in [-0.1, -0.05) is 6.07 Å². The first-order valence-corrected chi connectivity index (χ1v) is 9.29. The Morgan fingerprint density at radius 2 is 1.73 bits per heavy atom. The van der Waals surface area contributed by atoms with E-state index in [4.69, 9.17) is 0 Å². The molecule has 1 aromatic carbocycles. The number of amides is 3. The molecule has 0 aliphatic carbocycles. The van der Waals surface area contributed by atoms with E-state index in [0.717, 1.165) is 12.1 Å². The van der Waals surface area contributed by atoms with Crippen molar-refractivity contribution in [1.29, 1.82) is 0 Å². The zero-order chi connectivity index (χ0) is 21.7. The lowest BCUT2D eigenvalue weighted by atomic mass is 10.2. The minimum atomic E-state index is -4.51. The molecule has 1 aliphatic heterocycles. The molecule has 1 saturated heterocycles. The largest absolute Gasteiger partial charge is 0.416 e. The van der Waals surface area contributed by atoms with Crippen molar-refractivity contribution in [1.82, 2.24) is 20.2 Å². The Hall–Kier alpha value is -3.37. The van der Waals surface area contributed by atoms with Gasteiger partial charge in [0, 0.05) is 44.3 Å². The van der Waals surface area contributed by atoms with Crippen molar-refractivity contribution in [3.63, 3.8) is 0 Å². The average molecular weight is 422 g/mol. The Labute approximate surface area is 171 Å². The summed E-state index contributed by atoms with van der Waals surface area (Å²) in [5.74, 6) is -0.0228. The Kier molecular flexibility index (Phi) is 6.38. The molecule has 3 rings (SSSR count). The van der Waals surface area contributed by atoms with Crippen LogP contribution in [0.3, 0.4) is 0 Å². The number of hydrogen-bond acceptors (Lipinski definition) is 5. The van der Waals surface area contributed by atoms with Crippen LogP contribution in [0, 0.1) is 0 Å². The third kappa shape index (κ3) is 5.37.